The number of aliphatic hydroxyl groups excluding tert-OH is 1. The van der Waals surface area contributed by atoms with Crippen molar-refractivity contribution in [2.75, 3.05) is 19.6 Å². The molecule has 0 spiro atoms. The fourth-order valence-electron chi connectivity index (χ4n) is 1.86. The van der Waals surface area contributed by atoms with Gasteiger partial charge in [-0.1, -0.05) is 19.8 Å². The third-order valence-corrected chi connectivity index (χ3v) is 2.54. The Morgan fingerprint density at radius 2 is 1.92 bits per heavy atom. The molecule has 1 atom stereocenters. The van der Waals surface area contributed by atoms with Crippen LogP contribution in [-0.4, -0.2) is 35.7 Å². The predicted octanol–water partition coefficient (Wildman–Crippen LogP) is 1.63. The molecule has 0 aromatic heterocycles. The lowest BCUT2D eigenvalue weighted by Crippen LogP contribution is -2.36. The van der Waals surface area contributed by atoms with Crippen molar-refractivity contribution in [1.29, 1.82) is 0 Å². The van der Waals surface area contributed by atoms with Crippen LogP contribution in [0.4, 0.5) is 0 Å². The third-order valence-electron chi connectivity index (χ3n) is 2.54. The maximum atomic E-state index is 9.56. The fourth-order valence-corrected chi connectivity index (χ4v) is 1.86. The summed E-state index contributed by atoms with van der Waals surface area (Å²) in [4.78, 5) is 2.39. The zero-order valence-corrected chi connectivity index (χ0v) is 8.13. The minimum absolute atomic E-state index is 0.0897. The Hall–Kier alpha value is -0.0800. The molecule has 2 heteroatoms. The van der Waals surface area contributed by atoms with Gasteiger partial charge in [0.2, 0.25) is 0 Å². The summed E-state index contributed by atoms with van der Waals surface area (Å²) in [6.45, 7) is 5.41. The molecular weight excluding hydrogens is 150 g/mol. The largest absolute Gasteiger partial charge is 0.392 e. The van der Waals surface area contributed by atoms with Crippen molar-refractivity contribution >= 4 is 0 Å². The molecule has 0 bridgehead atoms. The summed E-state index contributed by atoms with van der Waals surface area (Å²) >= 11 is 0. The van der Waals surface area contributed by atoms with Crippen molar-refractivity contribution in [2.24, 2.45) is 0 Å². The summed E-state index contributed by atoms with van der Waals surface area (Å²) in [5, 5.41) is 9.56. The van der Waals surface area contributed by atoms with Crippen molar-refractivity contribution in [3.8, 4) is 0 Å². The van der Waals surface area contributed by atoms with Crippen LogP contribution in [0.25, 0.3) is 0 Å². The van der Waals surface area contributed by atoms with Crippen LogP contribution < -0.4 is 0 Å². The van der Waals surface area contributed by atoms with Gasteiger partial charge in [0.25, 0.3) is 0 Å². The zero-order chi connectivity index (χ0) is 8.81. The van der Waals surface area contributed by atoms with E-state index in [0.717, 1.165) is 19.4 Å². The minimum Gasteiger partial charge on any atom is -0.392 e. The van der Waals surface area contributed by atoms with Crippen LogP contribution in [0.15, 0.2) is 0 Å². The van der Waals surface area contributed by atoms with Gasteiger partial charge in [0.15, 0.2) is 0 Å². The van der Waals surface area contributed by atoms with E-state index in [-0.39, 0.29) is 6.10 Å². The number of aliphatic hydroxyl groups is 1. The number of β-amino-alcohol motifs (C(OH)–C–C–N with tert-alkyl or cyclic N) is 1. The monoisotopic (exact) mass is 171 g/mol. The Bertz CT molecular complexity index is 110. The Morgan fingerprint density at radius 1 is 1.25 bits per heavy atom. The van der Waals surface area contributed by atoms with E-state index in [4.69, 9.17) is 0 Å². The molecule has 0 saturated carbocycles. The Kier molecular flexibility index (Phi) is 4.62. The first-order valence-electron chi connectivity index (χ1n) is 5.23. The molecule has 0 amide bonds. The van der Waals surface area contributed by atoms with Crippen molar-refractivity contribution in [3.63, 3.8) is 0 Å². The number of hydrogen-bond acceptors (Lipinski definition) is 2. The van der Waals surface area contributed by atoms with Crippen LogP contribution in [0, 0.1) is 0 Å². The van der Waals surface area contributed by atoms with Crippen molar-refractivity contribution in [3.05, 3.63) is 0 Å². The highest BCUT2D eigenvalue weighted by atomic mass is 16.3. The molecule has 0 aliphatic carbocycles. The third kappa shape index (κ3) is 3.55. The molecule has 1 aliphatic rings. The smallest absolute Gasteiger partial charge is 0.0667 e. The molecule has 0 unspecified atom stereocenters. The molecule has 0 aromatic carbocycles. The Labute approximate surface area is 75.6 Å². The molecule has 1 aliphatic heterocycles. The van der Waals surface area contributed by atoms with Crippen molar-refractivity contribution < 1.29 is 5.11 Å². The first-order valence-corrected chi connectivity index (χ1v) is 5.23. The van der Waals surface area contributed by atoms with Crippen LogP contribution >= 0.6 is 0 Å². The predicted molar refractivity (Wildman–Crippen MR) is 51.2 cm³/mol. The first-order chi connectivity index (χ1) is 5.83. The van der Waals surface area contributed by atoms with Crippen LogP contribution in [0.1, 0.15) is 39.0 Å². The lowest BCUT2D eigenvalue weighted by molar-refractivity contribution is 0.0943. The van der Waals surface area contributed by atoms with Gasteiger partial charge in [-0.25, -0.2) is 0 Å². The van der Waals surface area contributed by atoms with Crippen molar-refractivity contribution in [2.45, 2.75) is 45.1 Å². The molecular formula is C10H21NO. The average molecular weight is 171 g/mol. The lowest BCUT2D eigenvalue weighted by atomic mass is 10.1. The summed E-state index contributed by atoms with van der Waals surface area (Å²) in [5.41, 5.74) is 0. The van der Waals surface area contributed by atoms with Gasteiger partial charge in [0.1, 0.15) is 0 Å². The maximum Gasteiger partial charge on any atom is 0.0667 e. The average Bonchev–Trinajstić information content (AvgIpc) is 2.06. The minimum atomic E-state index is -0.0897. The molecule has 1 heterocycles. The van der Waals surface area contributed by atoms with Gasteiger partial charge in [-0.05, 0) is 32.4 Å². The highest BCUT2D eigenvalue weighted by Gasteiger charge is 2.13. The molecule has 72 valence electrons. The number of piperidine rings is 1. The van der Waals surface area contributed by atoms with Crippen molar-refractivity contribution in [1.82, 2.24) is 4.90 Å². The maximum absolute atomic E-state index is 9.56. The Morgan fingerprint density at radius 3 is 2.50 bits per heavy atom. The number of nitrogens with zero attached hydrogens (tertiary/aromatic N) is 1. The van der Waals surface area contributed by atoms with E-state index in [9.17, 15) is 5.11 Å². The normalized spacial score (nSPS) is 22.5. The van der Waals surface area contributed by atoms with E-state index >= 15 is 0 Å². The SMILES string of the molecule is CCC[C@@H](O)CN1CCCCC1. The summed E-state index contributed by atoms with van der Waals surface area (Å²) in [5.74, 6) is 0. The topological polar surface area (TPSA) is 23.5 Å². The standard InChI is InChI=1S/C10H21NO/c1-2-6-10(12)9-11-7-4-3-5-8-11/h10,12H,2-9H2,1H3/t10-/m1/s1. The number of likely N-dealkylation sites (tertiary alicyclic amines) is 1. The van der Waals surface area contributed by atoms with Gasteiger partial charge in [-0.15, -0.1) is 0 Å². The van der Waals surface area contributed by atoms with E-state index in [0.29, 0.717) is 0 Å². The summed E-state index contributed by atoms with van der Waals surface area (Å²) in [6.07, 6.45) is 5.97. The van der Waals surface area contributed by atoms with Gasteiger partial charge in [0, 0.05) is 6.54 Å². The second-order valence-electron chi connectivity index (χ2n) is 3.80. The van der Waals surface area contributed by atoms with E-state index < -0.39 is 0 Å². The molecule has 1 fully saturated rings. The molecule has 0 radical (unpaired) electrons. The number of rotatable bonds is 4. The molecule has 1 saturated heterocycles. The zero-order valence-electron chi connectivity index (χ0n) is 8.13. The van der Waals surface area contributed by atoms with Gasteiger partial charge in [-0.3, -0.25) is 0 Å². The van der Waals surface area contributed by atoms with Gasteiger partial charge in [0.05, 0.1) is 6.10 Å². The van der Waals surface area contributed by atoms with E-state index in [2.05, 4.69) is 11.8 Å². The van der Waals surface area contributed by atoms with Gasteiger partial charge in [-0.2, -0.15) is 0 Å². The molecule has 0 aromatic rings. The van der Waals surface area contributed by atoms with Gasteiger partial charge < -0.3 is 10.0 Å². The molecule has 1 N–H and O–H groups in total. The second-order valence-corrected chi connectivity index (χ2v) is 3.80. The first kappa shape index (κ1) is 10.0. The summed E-state index contributed by atoms with van der Waals surface area (Å²) in [7, 11) is 0. The highest BCUT2D eigenvalue weighted by molar-refractivity contribution is 4.68. The Balaban J connectivity index is 2.11. The molecule has 12 heavy (non-hydrogen) atoms. The van der Waals surface area contributed by atoms with Crippen LogP contribution in [0.2, 0.25) is 0 Å². The quantitative estimate of drug-likeness (QED) is 0.695. The second kappa shape index (κ2) is 5.55. The van der Waals surface area contributed by atoms with Crippen LogP contribution in [-0.2, 0) is 0 Å². The fraction of sp³-hybridized carbons (Fsp3) is 1.00. The van der Waals surface area contributed by atoms with E-state index in [1.807, 2.05) is 0 Å². The summed E-state index contributed by atoms with van der Waals surface area (Å²) < 4.78 is 0. The molecule has 1 rings (SSSR count). The van der Waals surface area contributed by atoms with Crippen LogP contribution in [0.5, 0.6) is 0 Å². The molecule has 2 nitrogen and oxygen atoms in total. The van der Waals surface area contributed by atoms with E-state index in [1.54, 1.807) is 0 Å². The van der Waals surface area contributed by atoms with Crippen LogP contribution in [0.3, 0.4) is 0 Å². The lowest BCUT2D eigenvalue weighted by Gasteiger charge is -2.28. The van der Waals surface area contributed by atoms with Gasteiger partial charge >= 0.3 is 0 Å². The highest BCUT2D eigenvalue weighted by Crippen LogP contribution is 2.10. The van der Waals surface area contributed by atoms with E-state index in [1.165, 1.54) is 32.4 Å². The number of hydrogen-bond donors (Lipinski definition) is 1. The summed E-state index contributed by atoms with van der Waals surface area (Å²) in [6, 6.07) is 0.